The van der Waals surface area contributed by atoms with Crippen molar-refractivity contribution >= 4 is 36.4 Å². The molecule has 0 aromatic heterocycles. The van der Waals surface area contributed by atoms with Gasteiger partial charge in [0.2, 0.25) is 5.91 Å². The number of morpholine rings is 1. The predicted octanol–water partition coefficient (Wildman–Crippen LogP) is 3.06. The van der Waals surface area contributed by atoms with Crippen LogP contribution in [0.4, 0.5) is 5.69 Å². The number of nitrogens with two attached hydrogens (primary N) is 1. The summed E-state index contributed by atoms with van der Waals surface area (Å²) >= 11 is 0. The van der Waals surface area contributed by atoms with Crippen LogP contribution in [0.3, 0.4) is 0 Å². The molecule has 1 saturated heterocycles. The molecule has 26 heavy (non-hydrogen) atoms. The van der Waals surface area contributed by atoms with Crippen LogP contribution in [0.25, 0.3) is 0 Å². The highest BCUT2D eigenvalue weighted by Gasteiger charge is 2.33. The fourth-order valence-electron chi connectivity index (χ4n) is 3.24. The minimum absolute atomic E-state index is 0. The van der Waals surface area contributed by atoms with Gasteiger partial charge in [-0.15, -0.1) is 24.8 Å². The van der Waals surface area contributed by atoms with Crippen molar-refractivity contribution in [1.29, 1.82) is 0 Å². The zero-order valence-corrected chi connectivity index (χ0v) is 17.7. The first-order valence-electron chi connectivity index (χ1n) is 8.97. The summed E-state index contributed by atoms with van der Waals surface area (Å²) in [5, 5.41) is 3.11. The Morgan fingerprint density at radius 3 is 2.38 bits per heavy atom. The highest BCUT2D eigenvalue weighted by atomic mass is 35.5. The van der Waals surface area contributed by atoms with Gasteiger partial charge >= 0.3 is 0 Å². The van der Waals surface area contributed by atoms with Crippen LogP contribution in [0.1, 0.15) is 37.8 Å². The van der Waals surface area contributed by atoms with E-state index in [2.05, 4.69) is 35.3 Å². The monoisotopic (exact) mass is 405 g/mol. The number of amides is 1. The number of nitrogens with zero attached hydrogens (tertiary/aromatic N) is 1. The molecule has 7 heteroatoms. The van der Waals surface area contributed by atoms with Crippen molar-refractivity contribution in [2.75, 3.05) is 37.7 Å². The number of aryl methyl sites for hydroxylation is 1. The number of ether oxygens (including phenoxy) is 1. The van der Waals surface area contributed by atoms with E-state index in [1.165, 1.54) is 11.3 Å². The van der Waals surface area contributed by atoms with E-state index in [1.54, 1.807) is 0 Å². The van der Waals surface area contributed by atoms with Crippen LogP contribution in [0.2, 0.25) is 0 Å². The van der Waals surface area contributed by atoms with Crippen LogP contribution in [-0.2, 0) is 16.1 Å². The van der Waals surface area contributed by atoms with Gasteiger partial charge in [0.15, 0.2) is 0 Å². The van der Waals surface area contributed by atoms with Crippen molar-refractivity contribution in [2.24, 2.45) is 11.1 Å². The Hall–Kier alpha value is -1.01. The largest absolute Gasteiger partial charge is 0.378 e. The average Bonchev–Trinajstić information content (AvgIpc) is 2.63. The molecule has 0 spiro atoms. The number of hydrogen-bond donors (Lipinski definition) is 2. The molecule has 3 N–H and O–H groups in total. The van der Waals surface area contributed by atoms with Crippen LogP contribution >= 0.6 is 24.8 Å². The normalized spacial score (nSPS) is 14.2. The smallest absolute Gasteiger partial charge is 0.227 e. The third kappa shape index (κ3) is 5.74. The SMILES string of the molecule is CCC(CC)(CN)C(=O)NCc1ccc(C)cc1N1CCOCC1.Cl.Cl. The first-order chi connectivity index (χ1) is 11.6. The van der Waals surface area contributed by atoms with Gasteiger partial charge in [-0.2, -0.15) is 0 Å². The lowest BCUT2D eigenvalue weighted by Crippen LogP contribution is -2.45. The van der Waals surface area contributed by atoms with Crippen molar-refractivity contribution in [2.45, 2.75) is 40.2 Å². The minimum Gasteiger partial charge on any atom is -0.378 e. The number of carbonyl (C=O) groups is 1. The van der Waals surface area contributed by atoms with E-state index >= 15 is 0 Å². The molecule has 5 nitrogen and oxygen atoms in total. The summed E-state index contributed by atoms with van der Waals surface area (Å²) in [5.41, 5.74) is 9.00. The summed E-state index contributed by atoms with van der Waals surface area (Å²) in [5.74, 6) is 0.0588. The first-order valence-corrected chi connectivity index (χ1v) is 8.97. The number of halogens is 2. The van der Waals surface area contributed by atoms with E-state index in [0.29, 0.717) is 13.1 Å². The lowest BCUT2D eigenvalue weighted by atomic mass is 9.81. The van der Waals surface area contributed by atoms with E-state index in [1.807, 2.05) is 13.8 Å². The van der Waals surface area contributed by atoms with E-state index in [4.69, 9.17) is 10.5 Å². The molecule has 0 bridgehead atoms. The fraction of sp³-hybridized carbons (Fsp3) is 0.632. The molecular weight excluding hydrogens is 373 g/mol. The zero-order chi connectivity index (χ0) is 17.6. The van der Waals surface area contributed by atoms with Gasteiger partial charge in [-0.25, -0.2) is 0 Å². The van der Waals surface area contributed by atoms with E-state index in [9.17, 15) is 4.79 Å². The summed E-state index contributed by atoms with van der Waals surface area (Å²) in [7, 11) is 0. The maximum Gasteiger partial charge on any atom is 0.227 e. The molecule has 0 radical (unpaired) electrons. The maximum atomic E-state index is 12.7. The second kappa shape index (κ2) is 11.7. The fourth-order valence-corrected chi connectivity index (χ4v) is 3.24. The summed E-state index contributed by atoms with van der Waals surface area (Å²) < 4.78 is 5.45. The van der Waals surface area contributed by atoms with Gasteiger partial charge in [0, 0.05) is 31.9 Å². The maximum absolute atomic E-state index is 12.7. The number of hydrogen-bond acceptors (Lipinski definition) is 4. The molecule has 1 aromatic carbocycles. The summed E-state index contributed by atoms with van der Waals surface area (Å²) in [6, 6.07) is 6.41. The number of anilines is 1. The molecule has 0 atom stereocenters. The average molecular weight is 406 g/mol. The number of carbonyl (C=O) groups excluding carboxylic acids is 1. The molecule has 150 valence electrons. The Kier molecular flexibility index (Phi) is 11.2. The highest BCUT2D eigenvalue weighted by Crippen LogP contribution is 2.27. The molecule has 1 aromatic rings. The summed E-state index contributed by atoms with van der Waals surface area (Å²) in [4.78, 5) is 15.0. The zero-order valence-electron chi connectivity index (χ0n) is 16.0. The Bertz CT molecular complexity index is 551. The van der Waals surface area contributed by atoms with Gasteiger partial charge in [0.1, 0.15) is 0 Å². The van der Waals surface area contributed by atoms with Crippen molar-refractivity contribution in [3.8, 4) is 0 Å². The second-order valence-electron chi connectivity index (χ2n) is 6.61. The van der Waals surface area contributed by atoms with Gasteiger partial charge < -0.3 is 20.7 Å². The Morgan fingerprint density at radius 2 is 1.85 bits per heavy atom. The molecule has 0 aliphatic carbocycles. The molecule has 1 heterocycles. The third-order valence-electron chi connectivity index (χ3n) is 5.26. The molecule has 0 unspecified atom stereocenters. The van der Waals surface area contributed by atoms with Crippen molar-refractivity contribution in [1.82, 2.24) is 5.32 Å². The van der Waals surface area contributed by atoms with Crippen molar-refractivity contribution in [3.05, 3.63) is 29.3 Å². The number of benzene rings is 1. The Labute approximate surface area is 169 Å². The summed E-state index contributed by atoms with van der Waals surface area (Å²) in [6.45, 7) is 10.4. The van der Waals surface area contributed by atoms with Crippen molar-refractivity contribution < 1.29 is 9.53 Å². The van der Waals surface area contributed by atoms with Crippen LogP contribution in [0, 0.1) is 12.3 Å². The second-order valence-corrected chi connectivity index (χ2v) is 6.61. The van der Waals surface area contributed by atoms with Crippen molar-refractivity contribution in [3.63, 3.8) is 0 Å². The van der Waals surface area contributed by atoms with E-state index in [-0.39, 0.29) is 30.7 Å². The van der Waals surface area contributed by atoms with Gasteiger partial charge in [0.05, 0.1) is 18.6 Å². The number of nitrogens with one attached hydrogen (secondary N) is 1. The topological polar surface area (TPSA) is 67.6 Å². The standard InChI is InChI=1S/C19H31N3O2.2ClH/c1-4-19(5-2,14-20)18(23)21-13-16-7-6-15(3)12-17(16)22-8-10-24-11-9-22;;/h6-7,12H,4-5,8-11,13-14,20H2,1-3H3,(H,21,23);2*1H. The number of rotatable bonds is 7. The molecule has 0 saturated carbocycles. The molecule has 1 aliphatic rings. The molecule has 1 amide bonds. The van der Waals surface area contributed by atoms with Gasteiger partial charge in [-0.3, -0.25) is 4.79 Å². The van der Waals surface area contributed by atoms with Crippen LogP contribution in [-0.4, -0.2) is 38.8 Å². The Morgan fingerprint density at radius 1 is 1.23 bits per heavy atom. The van der Waals surface area contributed by atoms with Gasteiger partial charge in [-0.1, -0.05) is 26.0 Å². The highest BCUT2D eigenvalue weighted by molar-refractivity contribution is 5.85. The van der Waals surface area contributed by atoms with Crippen LogP contribution < -0.4 is 16.0 Å². The van der Waals surface area contributed by atoms with Gasteiger partial charge in [0.25, 0.3) is 0 Å². The van der Waals surface area contributed by atoms with Gasteiger partial charge in [-0.05, 0) is 37.0 Å². The molecular formula is C19H33Cl2N3O2. The quantitative estimate of drug-likeness (QED) is 0.731. The molecule has 1 aliphatic heterocycles. The molecule has 1 fully saturated rings. The van der Waals surface area contributed by atoms with Crippen LogP contribution in [0.5, 0.6) is 0 Å². The lowest BCUT2D eigenvalue weighted by molar-refractivity contribution is -0.131. The lowest BCUT2D eigenvalue weighted by Gasteiger charge is -2.32. The van der Waals surface area contributed by atoms with Crippen LogP contribution in [0.15, 0.2) is 18.2 Å². The Balaban J connectivity index is 0.00000312. The summed E-state index contributed by atoms with van der Waals surface area (Å²) in [6.07, 6.45) is 1.52. The predicted molar refractivity (Wildman–Crippen MR) is 113 cm³/mol. The third-order valence-corrected chi connectivity index (χ3v) is 5.26. The first kappa shape index (κ1) is 25.0. The molecule has 2 rings (SSSR count). The van der Waals surface area contributed by atoms with E-state index in [0.717, 1.165) is 44.7 Å². The van der Waals surface area contributed by atoms with E-state index < -0.39 is 5.41 Å². The minimum atomic E-state index is -0.455.